The lowest BCUT2D eigenvalue weighted by Gasteiger charge is -2.39. The van der Waals surface area contributed by atoms with Gasteiger partial charge in [0.2, 0.25) is 0 Å². The summed E-state index contributed by atoms with van der Waals surface area (Å²) in [5, 5.41) is 4.50. The molecule has 2 N–H and O–H groups in total. The number of aromatic nitrogens is 2. The second-order valence-corrected chi connectivity index (χ2v) is 5.90. The topological polar surface area (TPSA) is 47.1 Å². The standard InChI is InChI=1S/C13H24N4/c1-10-11(8-14)12(16(4)15-10)17-7-5-6-13(2,3)9-17/h5-9,14H2,1-4H3. The fourth-order valence-electron chi connectivity index (χ4n) is 2.93. The van der Waals surface area contributed by atoms with Crippen LogP contribution in [-0.2, 0) is 13.6 Å². The van der Waals surface area contributed by atoms with Crippen molar-refractivity contribution in [1.29, 1.82) is 0 Å². The van der Waals surface area contributed by atoms with E-state index in [9.17, 15) is 0 Å². The van der Waals surface area contributed by atoms with E-state index in [-0.39, 0.29) is 0 Å². The molecule has 2 heterocycles. The molecule has 0 amide bonds. The van der Waals surface area contributed by atoms with Crippen LogP contribution in [0.3, 0.4) is 0 Å². The van der Waals surface area contributed by atoms with E-state index < -0.39 is 0 Å². The minimum Gasteiger partial charge on any atom is -0.356 e. The van der Waals surface area contributed by atoms with Crippen molar-refractivity contribution in [1.82, 2.24) is 9.78 Å². The first-order valence-electron chi connectivity index (χ1n) is 6.42. The number of piperidine rings is 1. The smallest absolute Gasteiger partial charge is 0.131 e. The minimum atomic E-state index is 0.391. The molecule has 1 aliphatic heterocycles. The van der Waals surface area contributed by atoms with Gasteiger partial charge in [0, 0.05) is 32.2 Å². The predicted molar refractivity (Wildman–Crippen MR) is 71.1 cm³/mol. The van der Waals surface area contributed by atoms with E-state index in [1.165, 1.54) is 24.2 Å². The fraction of sp³-hybridized carbons (Fsp3) is 0.769. The Labute approximate surface area is 104 Å². The van der Waals surface area contributed by atoms with Crippen molar-refractivity contribution >= 4 is 5.82 Å². The molecule has 4 heteroatoms. The first-order chi connectivity index (χ1) is 7.94. The lowest BCUT2D eigenvalue weighted by molar-refractivity contribution is 0.290. The van der Waals surface area contributed by atoms with Gasteiger partial charge in [0.15, 0.2) is 0 Å². The molecule has 1 aromatic heterocycles. The number of nitrogens with zero attached hydrogens (tertiary/aromatic N) is 3. The predicted octanol–water partition coefficient (Wildman–Crippen LogP) is 1.81. The van der Waals surface area contributed by atoms with Gasteiger partial charge in [0.25, 0.3) is 0 Å². The highest BCUT2D eigenvalue weighted by molar-refractivity contribution is 5.50. The molecule has 0 bridgehead atoms. The molecule has 2 rings (SSSR count). The molecule has 0 saturated carbocycles. The highest BCUT2D eigenvalue weighted by atomic mass is 15.4. The van der Waals surface area contributed by atoms with Crippen molar-refractivity contribution in [2.75, 3.05) is 18.0 Å². The Morgan fingerprint density at radius 2 is 2.12 bits per heavy atom. The maximum Gasteiger partial charge on any atom is 0.131 e. The van der Waals surface area contributed by atoms with E-state index in [2.05, 4.69) is 23.8 Å². The fourth-order valence-corrected chi connectivity index (χ4v) is 2.93. The average Bonchev–Trinajstić information content (AvgIpc) is 2.51. The number of nitrogens with two attached hydrogens (primary N) is 1. The number of rotatable bonds is 2. The van der Waals surface area contributed by atoms with Crippen molar-refractivity contribution in [2.45, 2.75) is 40.2 Å². The van der Waals surface area contributed by atoms with E-state index in [4.69, 9.17) is 5.73 Å². The van der Waals surface area contributed by atoms with E-state index in [1.54, 1.807) is 0 Å². The highest BCUT2D eigenvalue weighted by Crippen LogP contribution is 2.33. The Bertz CT molecular complexity index is 406. The first-order valence-corrected chi connectivity index (χ1v) is 6.42. The Hall–Kier alpha value is -1.03. The van der Waals surface area contributed by atoms with Gasteiger partial charge >= 0.3 is 0 Å². The molecule has 1 aromatic rings. The van der Waals surface area contributed by atoms with Gasteiger partial charge in [-0.25, -0.2) is 0 Å². The summed E-state index contributed by atoms with van der Waals surface area (Å²) >= 11 is 0. The molecule has 1 aliphatic rings. The molecule has 0 radical (unpaired) electrons. The van der Waals surface area contributed by atoms with E-state index >= 15 is 0 Å². The summed E-state index contributed by atoms with van der Waals surface area (Å²) in [6.45, 7) is 9.51. The molecule has 17 heavy (non-hydrogen) atoms. The molecule has 0 aromatic carbocycles. The van der Waals surface area contributed by atoms with Gasteiger partial charge in [-0.15, -0.1) is 0 Å². The van der Waals surface area contributed by atoms with Gasteiger partial charge < -0.3 is 10.6 Å². The number of aryl methyl sites for hydroxylation is 2. The van der Waals surface area contributed by atoms with Crippen LogP contribution in [0.25, 0.3) is 0 Å². The van der Waals surface area contributed by atoms with Gasteiger partial charge in [0.05, 0.1) is 5.69 Å². The normalized spacial score (nSPS) is 19.7. The van der Waals surface area contributed by atoms with Gasteiger partial charge in [-0.05, 0) is 25.2 Å². The Morgan fingerprint density at radius 1 is 1.41 bits per heavy atom. The van der Waals surface area contributed by atoms with Crippen LogP contribution in [0, 0.1) is 12.3 Å². The Morgan fingerprint density at radius 3 is 2.71 bits per heavy atom. The summed E-state index contributed by atoms with van der Waals surface area (Å²) in [6, 6.07) is 0. The van der Waals surface area contributed by atoms with Crippen molar-refractivity contribution in [2.24, 2.45) is 18.2 Å². The summed E-state index contributed by atoms with van der Waals surface area (Å²) < 4.78 is 1.99. The van der Waals surface area contributed by atoms with Gasteiger partial charge in [-0.3, -0.25) is 4.68 Å². The van der Waals surface area contributed by atoms with Crippen LogP contribution < -0.4 is 10.6 Å². The molecule has 1 fully saturated rings. The van der Waals surface area contributed by atoms with Gasteiger partial charge in [-0.1, -0.05) is 13.8 Å². The molecular weight excluding hydrogens is 212 g/mol. The first kappa shape index (κ1) is 12.4. The second kappa shape index (κ2) is 4.33. The molecular formula is C13H24N4. The van der Waals surface area contributed by atoms with Crippen LogP contribution in [0.4, 0.5) is 5.82 Å². The van der Waals surface area contributed by atoms with Crippen LogP contribution in [0.15, 0.2) is 0 Å². The van der Waals surface area contributed by atoms with Crippen molar-refractivity contribution in [3.05, 3.63) is 11.3 Å². The van der Waals surface area contributed by atoms with Crippen LogP contribution in [0.5, 0.6) is 0 Å². The van der Waals surface area contributed by atoms with Crippen LogP contribution in [0.1, 0.15) is 37.9 Å². The zero-order valence-corrected chi connectivity index (χ0v) is 11.5. The second-order valence-electron chi connectivity index (χ2n) is 5.90. The molecule has 1 saturated heterocycles. The molecule has 0 atom stereocenters. The Kier molecular flexibility index (Phi) is 3.17. The zero-order chi connectivity index (χ0) is 12.6. The monoisotopic (exact) mass is 236 g/mol. The maximum atomic E-state index is 5.86. The quantitative estimate of drug-likeness (QED) is 0.852. The lowest BCUT2D eigenvalue weighted by Crippen LogP contribution is -2.41. The number of anilines is 1. The van der Waals surface area contributed by atoms with Gasteiger partial charge in [0.1, 0.15) is 5.82 Å². The molecule has 4 nitrogen and oxygen atoms in total. The maximum absolute atomic E-state index is 5.86. The third-order valence-electron chi connectivity index (χ3n) is 3.72. The van der Waals surface area contributed by atoms with Crippen LogP contribution >= 0.6 is 0 Å². The molecule has 0 aliphatic carbocycles. The minimum absolute atomic E-state index is 0.391. The number of hydrogen-bond donors (Lipinski definition) is 1. The Balaban J connectivity index is 2.33. The zero-order valence-electron chi connectivity index (χ0n) is 11.5. The lowest BCUT2D eigenvalue weighted by atomic mass is 9.84. The summed E-state index contributed by atoms with van der Waals surface area (Å²) in [6.07, 6.45) is 2.56. The summed E-state index contributed by atoms with van der Waals surface area (Å²) in [7, 11) is 2.02. The van der Waals surface area contributed by atoms with Crippen molar-refractivity contribution in [3.63, 3.8) is 0 Å². The average molecular weight is 236 g/mol. The van der Waals surface area contributed by atoms with Crippen LogP contribution in [0.2, 0.25) is 0 Å². The van der Waals surface area contributed by atoms with E-state index in [0.29, 0.717) is 12.0 Å². The van der Waals surface area contributed by atoms with Crippen molar-refractivity contribution in [3.8, 4) is 0 Å². The van der Waals surface area contributed by atoms with Crippen LogP contribution in [-0.4, -0.2) is 22.9 Å². The number of hydrogen-bond acceptors (Lipinski definition) is 3. The molecule has 0 unspecified atom stereocenters. The third kappa shape index (κ3) is 2.32. The van der Waals surface area contributed by atoms with E-state index in [0.717, 1.165) is 18.8 Å². The summed E-state index contributed by atoms with van der Waals surface area (Å²) in [5.74, 6) is 1.22. The van der Waals surface area contributed by atoms with E-state index in [1.807, 2.05) is 18.7 Å². The summed E-state index contributed by atoms with van der Waals surface area (Å²) in [4.78, 5) is 2.45. The third-order valence-corrected chi connectivity index (χ3v) is 3.72. The summed E-state index contributed by atoms with van der Waals surface area (Å²) in [5.41, 5.74) is 8.51. The van der Waals surface area contributed by atoms with Gasteiger partial charge in [-0.2, -0.15) is 5.10 Å². The van der Waals surface area contributed by atoms with Crippen molar-refractivity contribution < 1.29 is 0 Å². The highest BCUT2D eigenvalue weighted by Gasteiger charge is 2.29. The molecule has 96 valence electrons. The SMILES string of the molecule is Cc1nn(C)c(N2CCCC(C)(C)C2)c1CN. The molecule has 0 spiro atoms. The largest absolute Gasteiger partial charge is 0.356 e.